The Bertz CT molecular complexity index is 1250. The summed E-state index contributed by atoms with van der Waals surface area (Å²) in [5.41, 5.74) is 0.795. The third kappa shape index (κ3) is 23.7. The van der Waals surface area contributed by atoms with Crippen LogP contribution in [0.25, 0.3) is 0 Å². The number of rotatable bonds is 33. The van der Waals surface area contributed by atoms with Crippen LogP contribution < -0.4 is 0 Å². The molecule has 0 radical (unpaired) electrons. The van der Waals surface area contributed by atoms with Crippen LogP contribution in [0.5, 0.6) is 0 Å². The van der Waals surface area contributed by atoms with Crippen molar-refractivity contribution in [2.45, 2.75) is 295 Å². The SMILES string of the molecule is CCCCCCCCCC[C@@H](O[Si](C)(C)C)[C@H]1CC[C@H]([C@H]2C[C@@H](O[Si](C)(C)C)[C@H]([C@@H](CCCCCCCCCC[C@H](CC3=C[C@H](C)OC3=O)O[Si](C)(C)C)O[Si](C)(C)C)O2)O1. The van der Waals surface area contributed by atoms with Gasteiger partial charge < -0.3 is 31.9 Å². The van der Waals surface area contributed by atoms with E-state index in [0.29, 0.717) is 6.42 Å². The highest BCUT2D eigenvalue weighted by Gasteiger charge is 2.49. The highest BCUT2D eigenvalue weighted by molar-refractivity contribution is 6.70. The summed E-state index contributed by atoms with van der Waals surface area (Å²) in [5.74, 6) is -0.164. The Morgan fingerprint density at radius 1 is 0.590 bits per heavy atom. The largest absolute Gasteiger partial charge is 0.455 e. The van der Waals surface area contributed by atoms with Crippen molar-refractivity contribution in [2.75, 3.05) is 0 Å². The third-order valence-electron chi connectivity index (χ3n) is 12.0. The molecule has 3 heterocycles. The molecule has 0 aromatic heterocycles. The Balaban J connectivity index is 1.49. The maximum Gasteiger partial charge on any atom is 0.334 e. The lowest BCUT2D eigenvalue weighted by Gasteiger charge is -2.35. The zero-order valence-corrected chi connectivity index (χ0v) is 46.3. The molecule has 12 heteroatoms. The highest BCUT2D eigenvalue weighted by atomic mass is 28.4. The standard InChI is InChI=1S/C49H98O8Si4/c1-15-16-17-18-19-23-26-29-32-44(55-59(6,7)8)42-34-35-43(52-42)46-38-47(57-61(12,13)14)48(53-46)45(56-60(9,10)11)33-30-27-24-21-20-22-25-28-31-41(54-58(3,4)5)37-40-36-39(2)51-49(40)50/h36,39,41-48H,15-35,37-38H2,1-14H3/t39-,41+,42+,43+,44+,45+,46+,47+,48-/m0/s1. The van der Waals surface area contributed by atoms with E-state index in [1.807, 2.05) is 13.0 Å². The normalized spacial score (nSPS) is 25.5. The molecule has 0 bridgehead atoms. The Kier molecular flexibility index (Phi) is 24.3. The van der Waals surface area contributed by atoms with E-state index in [-0.39, 0.29) is 60.9 Å². The van der Waals surface area contributed by atoms with Crippen molar-refractivity contribution in [2.24, 2.45) is 0 Å². The number of carbonyl (C=O) groups is 1. The average Bonchev–Trinajstić information content (AvgIpc) is 3.85. The van der Waals surface area contributed by atoms with Crippen LogP contribution in [0.2, 0.25) is 78.6 Å². The molecule has 0 amide bonds. The van der Waals surface area contributed by atoms with Crippen LogP contribution in [0.15, 0.2) is 11.6 Å². The van der Waals surface area contributed by atoms with Gasteiger partial charge in [-0.25, -0.2) is 4.79 Å². The maximum absolute atomic E-state index is 12.3. The maximum atomic E-state index is 12.3. The van der Waals surface area contributed by atoms with Gasteiger partial charge in [0.25, 0.3) is 0 Å². The van der Waals surface area contributed by atoms with Gasteiger partial charge in [0.15, 0.2) is 33.3 Å². The van der Waals surface area contributed by atoms with Crippen molar-refractivity contribution in [3.8, 4) is 0 Å². The van der Waals surface area contributed by atoms with Gasteiger partial charge >= 0.3 is 5.97 Å². The summed E-state index contributed by atoms with van der Waals surface area (Å²) in [4.78, 5) is 12.3. The topological polar surface area (TPSA) is 81.7 Å². The molecule has 9 atom stereocenters. The molecule has 358 valence electrons. The van der Waals surface area contributed by atoms with Crippen LogP contribution in [0.3, 0.4) is 0 Å². The number of hydrogen-bond donors (Lipinski definition) is 0. The van der Waals surface area contributed by atoms with E-state index >= 15 is 0 Å². The van der Waals surface area contributed by atoms with Gasteiger partial charge in [-0.1, -0.05) is 110 Å². The van der Waals surface area contributed by atoms with Gasteiger partial charge in [-0.15, -0.1) is 0 Å². The van der Waals surface area contributed by atoms with Crippen LogP contribution in [-0.4, -0.2) is 94.2 Å². The van der Waals surface area contributed by atoms with Crippen molar-refractivity contribution in [3.63, 3.8) is 0 Å². The molecule has 0 aromatic rings. The Labute approximate surface area is 381 Å². The first-order valence-corrected chi connectivity index (χ1v) is 39.1. The van der Waals surface area contributed by atoms with E-state index in [2.05, 4.69) is 85.5 Å². The monoisotopic (exact) mass is 927 g/mol. The summed E-state index contributed by atoms with van der Waals surface area (Å²) in [6.07, 6.45) is 29.7. The van der Waals surface area contributed by atoms with E-state index in [4.69, 9.17) is 31.9 Å². The second-order valence-electron chi connectivity index (χ2n) is 23.0. The predicted octanol–water partition coefficient (Wildman–Crippen LogP) is 14.3. The Hall–Kier alpha value is -0.162. The van der Waals surface area contributed by atoms with Crippen LogP contribution in [0.4, 0.5) is 0 Å². The minimum Gasteiger partial charge on any atom is -0.455 e. The first kappa shape index (κ1) is 55.2. The van der Waals surface area contributed by atoms with Crippen molar-refractivity contribution in [1.82, 2.24) is 0 Å². The molecule has 3 aliphatic heterocycles. The summed E-state index contributed by atoms with van der Waals surface area (Å²) in [6, 6.07) is 0. The Morgan fingerprint density at radius 3 is 1.57 bits per heavy atom. The zero-order valence-electron chi connectivity index (χ0n) is 42.3. The van der Waals surface area contributed by atoms with E-state index in [1.54, 1.807) is 0 Å². The van der Waals surface area contributed by atoms with Crippen molar-refractivity contribution >= 4 is 39.2 Å². The Morgan fingerprint density at radius 2 is 1.08 bits per heavy atom. The number of cyclic esters (lactones) is 1. The fourth-order valence-corrected chi connectivity index (χ4v) is 14.3. The van der Waals surface area contributed by atoms with Gasteiger partial charge in [-0.3, -0.25) is 0 Å². The van der Waals surface area contributed by atoms with Crippen LogP contribution in [-0.2, 0) is 36.7 Å². The molecule has 0 unspecified atom stereocenters. The van der Waals surface area contributed by atoms with Gasteiger partial charge in [0, 0.05) is 24.5 Å². The van der Waals surface area contributed by atoms with Gasteiger partial charge in [-0.2, -0.15) is 0 Å². The molecule has 0 aromatic carbocycles. The fourth-order valence-electron chi connectivity index (χ4n) is 9.59. The first-order chi connectivity index (χ1) is 28.5. The molecule has 0 saturated carbocycles. The van der Waals surface area contributed by atoms with Crippen molar-refractivity contribution < 1.29 is 36.7 Å². The van der Waals surface area contributed by atoms with Gasteiger partial charge in [0.2, 0.25) is 0 Å². The lowest BCUT2D eigenvalue weighted by Crippen LogP contribution is -2.46. The summed E-state index contributed by atoms with van der Waals surface area (Å²) >= 11 is 0. The molecule has 3 aliphatic rings. The number of ether oxygens (including phenoxy) is 3. The molecule has 61 heavy (non-hydrogen) atoms. The van der Waals surface area contributed by atoms with E-state index in [0.717, 1.165) is 56.9 Å². The summed E-state index contributed by atoms with van der Waals surface area (Å²) in [7, 11) is -7.10. The number of hydrogen-bond acceptors (Lipinski definition) is 8. The van der Waals surface area contributed by atoms with Gasteiger partial charge in [0.1, 0.15) is 12.2 Å². The molecule has 2 saturated heterocycles. The van der Waals surface area contributed by atoms with E-state index < -0.39 is 33.3 Å². The van der Waals surface area contributed by atoms with Crippen LogP contribution >= 0.6 is 0 Å². The fraction of sp³-hybridized carbons (Fsp3) is 0.939. The second-order valence-corrected chi connectivity index (χ2v) is 40.8. The number of carbonyl (C=O) groups excluding carboxylic acids is 1. The van der Waals surface area contributed by atoms with Gasteiger partial charge in [-0.05, 0) is 124 Å². The van der Waals surface area contributed by atoms with Gasteiger partial charge in [0.05, 0.1) is 36.6 Å². The smallest absolute Gasteiger partial charge is 0.334 e. The molecular weight excluding hydrogens is 829 g/mol. The molecular formula is C49H98O8Si4. The molecule has 0 N–H and O–H groups in total. The third-order valence-corrected chi connectivity index (χ3v) is 16.1. The summed E-state index contributed by atoms with van der Waals surface area (Å²) < 4.78 is 46.8. The summed E-state index contributed by atoms with van der Waals surface area (Å²) in [5, 5.41) is 0. The van der Waals surface area contributed by atoms with E-state index in [1.165, 1.54) is 89.9 Å². The number of unbranched alkanes of at least 4 members (excludes halogenated alkanes) is 14. The van der Waals surface area contributed by atoms with Crippen molar-refractivity contribution in [1.29, 1.82) is 0 Å². The quantitative estimate of drug-likeness (QED) is 0.0366. The number of esters is 1. The lowest BCUT2D eigenvalue weighted by atomic mass is 9.98. The van der Waals surface area contributed by atoms with Crippen molar-refractivity contribution in [3.05, 3.63) is 11.6 Å². The highest BCUT2D eigenvalue weighted by Crippen LogP contribution is 2.39. The lowest BCUT2D eigenvalue weighted by molar-refractivity contribution is -0.139. The average molecular weight is 928 g/mol. The summed E-state index contributed by atoms with van der Waals surface area (Å²) in [6.45, 7) is 31.8. The first-order valence-electron chi connectivity index (χ1n) is 25.5. The molecule has 8 nitrogen and oxygen atoms in total. The molecule has 2 fully saturated rings. The molecule has 0 aliphatic carbocycles. The zero-order chi connectivity index (χ0) is 45.3. The van der Waals surface area contributed by atoms with E-state index in [9.17, 15) is 4.79 Å². The minimum atomic E-state index is -1.84. The molecule has 3 rings (SSSR count). The predicted molar refractivity (Wildman–Crippen MR) is 266 cm³/mol. The minimum absolute atomic E-state index is 0.0390. The van der Waals surface area contributed by atoms with Crippen LogP contribution in [0.1, 0.15) is 162 Å². The van der Waals surface area contributed by atoms with Crippen LogP contribution in [0, 0.1) is 0 Å². The molecule has 0 spiro atoms. The second kappa shape index (κ2) is 26.8.